The third-order valence-corrected chi connectivity index (χ3v) is 7.82. The van der Waals surface area contributed by atoms with E-state index < -0.39 is 0 Å². The van der Waals surface area contributed by atoms with E-state index in [4.69, 9.17) is 17.7 Å². The summed E-state index contributed by atoms with van der Waals surface area (Å²) in [6.07, 6.45) is 11.6. The number of hydrogen-bond acceptors (Lipinski definition) is 3. The number of rotatable bonds is 4. The summed E-state index contributed by atoms with van der Waals surface area (Å²) in [4.78, 5) is 4.53. The van der Waals surface area contributed by atoms with E-state index >= 15 is 0 Å². The molecule has 2 saturated carbocycles. The van der Waals surface area contributed by atoms with Crippen molar-refractivity contribution in [2.75, 3.05) is 0 Å². The molecule has 5 rings (SSSR count). The molecule has 2 aliphatic carbocycles. The van der Waals surface area contributed by atoms with Crippen LogP contribution >= 0.6 is 12.6 Å². The number of thiol groups is 1. The van der Waals surface area contributed by atoms with Gasteiger partial charge in [0.15, 0.2) is 0 Å². The molecule has 0 bridgehead atoms. The first kappa shape index (κ1) is 21.7. The lowest BCUT2D eigenvalue weighted by Gasteiger charge is -2.31. The van der Waals surface area contributed by atoms with E-state index in [9.17, 15) is 4.39 Å². The summed E-state index contributed by atoms with van der Waals surface area (Å²) in [5.74, 6) is 0.475. The minimum atomic E-state index is -0.178. The Morgan fingerprint density at radius 2 is 1.88 bits per heavy atom. The van der Waals surface area contributed by atoms with Gasteiger partial charge in [0, 0.05) is 27.6 Å². The van der Waals surface area contributed by atoms with Gasteiger partial charge in [0.1, 0.15) is 11.5 Å². The number of aromatic nitrogens is 3. The monoisotopic (exact) mass is 449 g/mol. The molecule has 0 amide bonds. The molecule has 0 N–H and O–H groups in total. The standard InChI is InChI=1S/C27H32FN3S/c1-26(32)14-8-3-2-4-11-21-17-27(21,19-26)25-16-24(23-13-7-9-15-29-23)30-31(25)18-20-10-5-6-12-22(20)28/h5-7,9-10,12-13,15-16,21,32H,2-4,8,11,14,17-19H2,1H3/t21?,26-,27?/m0/s1. The van der Waals surface area contributed by atoms with Gasteiger partial charge in [-0.3, -0.25) is 9.67 Å². The predicted octanol–water partition coefficient (Wildman–Crippen LogP) is 6.82. The Morgan fingerprint density at radius 1 is 1.06 bits per heavy atom. The summed E-state index contributed by atoms with van der Waals surface area (Å²) in [5.41, 5.74) is 3.70. The molecule has 2 fully saturated rings. The van der Waals surface area contributed by atoms with Crippen molar-refractivity contribution in [2.45, 2.75) is 75.0 Å². The number of fused-ring (bicyclic) bond motifs is 1. The van der Waals surface area contributed by atoms with Crippen LogP contribution in [0.15, 0.2) is 54.7 Å². The molecule has 32 heavy (non-hydrogen) atoms. The van der Waals surface area contributed by atoms with Gasteiger partial charge >= 0.3 is 0 Å². The van der Waals surface area contributed by atoms with Crippen molar-refractivity contribution in [3.05, 3.63) is 71.8 Å². The van der Waals surface area contributed by atoms with E-state index in [1.807, 2.05) is 30.3 Å². The average molecular weight is 450 g/mol. The van der Waals surface area contributed by atoms with Crippen LogP contribution in [0.2, 0.25) is 0 Å². The first-order chi connectivity index (χ1) is 15.5. The maximum atomic E-state index is 14.6. The molecular formula is C27H32FN3S. The lowest BCUT2D eigenvalue weighted by atomic mass is 9.82. The summed E-state index contributed by atoms with van der Waals surface area (Å²) in [7, 11) is 0. The third-order valence-electron chi connectivity index (χ3n) is 7.44. The summed E-state index contributed by atoms with van der Waals surface area (Å²) in [5, 5.41) is 4.97. The Labute approximate surface area is 195 Å². The smallest absolute Gasteiger partial charge is 0.128 e. The maximum Gasteiger partial charge on any atom is 0.128 e. The van der Waals surface area contributed by atoms with Crippen LogP contribution in [-0.4, -0.2) is 19.5 Å². The zero-order chi connectivity index (χ0) is 22.2. The molecule has 5 heteroatoms. The third kappa shape index (κ3) is 4.36. The highest BCUT2D eigenvalue weighted by Gasteiger charge is 2.58. The van der Waals surface area contributed by atoms with Crippen LogP contribution in [0.5, 0.6) is 0 Å². The van der Waals surface area contributed by atoms with Crippen LogP contribution in [0.1, 0.15) is 69.5 Å². The number of halogens is 1. The van der Waals surface area contributed by atoms with Gasteiger partial charge in [-0.1, -0.05) is 56.9 Å². The van der Waals surface area contributed by atoms with Crippen molar-refractivity contribution in [3.63, 3.8) is 0 Å². The fraction of sp³-hybridized carbons (Fsp3) is 0.481. The summed E-state index contributed by atoms with van der Waals surface area (Å²) >= 11 is 5.13. The van der Waals surface area contributed by atoms with E-state index in [1.165, 1.54) is 50.3 Å². The van der Waals surface area contributed by atoms with Crippen LogP contribution in [0.4, 0.5) is 4.39 Å². The molecule has 0 aliphatic heterocycles. The van der Waals surface area contributed by atoms with E-state index in [2.05, 4.69) is 22.7 Å². The van der Waals surface area contributed by atoms with E-state index in [1.54, 1.807) is 12.3 Å². The molecule has 0 spiro atoms. The van der Waals surface area contributed by atoms with Crippen molar-refractivity contribution in [1.29, 1.82) is 0 Å². The second-order valence-corrected chi connectivity index (χ2v) is 11.1. The highest BCUT2D eigenvalue weighted by molar-refractivity contribution is 7.81. The SMILES string of the molecule is C[C@]1(S)CCCCCCC2CC2(c2cc(-c3ccccn3)nn2Cc2ccccc2F)C1. The molecule has 2 aromatic heterocycles. The molecule has 0 saturated heterocycles. The topological polar surface area (TPSA) is 30.7 Å². The normalized spacial score (nSPS) is 28.2. The first-order valence-electron chi connectivity index (χ1n) is 11.9. The van der Waals surface area contributed by atoms with Crippen LogP contribution in [-0.2, 0) is 12.0 Å². The second kappa shape index (κ2) is 8.66. The van der Waals surface area contributed by atoms with Crippen LogP contribution < -0.4 is 0 Å². The lowest BCUT2D eigenvalue weighted by molar-refractivity contribution is 0.383. The summed E-state index contributed by atoms with van der Waals surface area (Å²) in [6, 6.07) is 15.2. The molecule has 1 aromatic carbocycles. The molecule has 0 radical (unpaired) electrons. The Bertz CT molecular complexity index is 1080. The molecular weight excluding hydrogens is 417 g/mol. The van der Waals surface area contributed by atoms with Crippen LogP contribution in [0.25, 0.3) is 11.4 Å². The Morgan fingerprint density at radius 3 is 2.69 bits per heavy atom. The molecule has 2 unspecified atom stereocenters. The van der Waals surface area contributed by atoms with Gasteiger partial charge in [0.25, 0.3) is 0 Å². The van der Waals surface area contributed by atoms with E-state index in [-0.39, 0.29) is 16.0 Å². The van der Waals surface area contributed by atoms with Gasteiger partial charge in [-0.2, -0.15) is 17.7 Å². The van der Waals surface area contributed by atoms with Crippen LogP contribution in [0.3, 0.4) is 0 Å². The largest absolute Gasteiger partial charge is 0.264 e. The fourth-order valence-corrected chi connectivity index (χ4v) is 6.20. The Kier molecular flexibility index (Phi) is 5.87. The van der Waals surface area contributed by atoms with Crippen molar-refractivity contribution >= 4 is 12.6 Å². The zero-order valence-corrected chi connectivity index (χ0v) is 19.7. The Balaban J connectivity index is 1.58. The number of pyridine rings is 1. The zero-order valence-electron chi connectivity index (χ0n) is 18.8. The maximum absolute atomic E-state index is 14.6. The second-order valence-electron chi connectivity index (χ2n) is 10.1. The molecule has 168 valence electrons. The number of benzene rings is 1. The fourth-order valence-electron chi connectivity index (χ4n) is 5.76. The highest BCUT2D eigenvalue weighted by Crippen LogP contribution is 2.62. The quantitative estimate of drug-likeness (QED) is 0.443. The van der Waals surface area contributed by atoms with Crippen molar-refractivity contribution in [3.8, 4) is 11.4 Å². The molecule has 3 aromatic rings. The van der Waals surface area contributed by atoms with Gasteiger partial charge in [0.05, 0.1) is 12.2 Å². The molecule has 2 aliphatic rings. The van der Waals surface area contributed by atoms with Crippen molar-refractivity contribution < 1.29 is 4.39 Å². The van der Waals surface area contributed by atoms with Crippen molar-refractivity contribution in [1.82, 2.24) is 14.8 Å². The lowest BCUT2D eigenvalue weighted by Crippen LogP contribution is -2.29. The van der Waals surface area contributed by atoms with Gasteiger partial charge in [-0.25, -0.2) is 4.39 Å². The molecule has 2 heterocycles. The predicted molar refractivity (Wildman–Crippen MR) is 130 cm³/mol. The van der Waals surface area contributed by atoms with Crippen molar-refractivity contribution in [2.24, 2.45) is 5.92 Å². The summed E-state index contributed by atoms with van der Waals surface area (Å²) in [6.45, 7) is 2.73. The van der Waals surface area contributed by atoms with Gasteiger partial charge in [0.2, 0.25) is 0 Å². The highest BCUT2D eigenvalue weighted by atomic mass is 32.1. The minimum absolute atomic E-state index is 0.00958. The van der Waals surface area contributed by atoms with Gasteiger partial charge in [-0.15, -0.1) is 0 Å². The Hall–Kier alpha value is -2.14. The molecule has 3 nitrogen and oxygen atoms in total. The number of nitrogens with zero attached hydrogens (tertiary/aromatic N) is 3. The van der Waals surface area contributed by atoms with E-state index in [0.717, 1.165) is 24.2 Å². The van der Waals surface area contributed by atoms with Gasteiger partial charge < -0.3 is 0 Å². The first-order valence-corrected chi connectivity index (χ1v) is 12.4. The van der Waals surface area contributed by atoms with Crippen LogP contribution in [0, 0.1) is 11.7 Å². The minimum Gasteiger partial charge on any atom is -0.264 e. The molecule has 3 atom stereocenters. The number of hydrogen-bond donors (Lipinski definition) is 1. The van der Waals surface area contributed by atoms with E-state index in [0.29, 0.717) is 18.0 Å². The average Bonchev–Trinajstić information content (AvgIpc) is 3.28. The van der Waals surface area contributed by atoms with Gasteiger partial charge in [-0.05, 0) is 55.9 Å². The summed E-state index contributed by atoms with van der Waals surface area (Å²) < 4.78 is 16.6.